The zero-order valence-electron chi connectivity index (χ0n) is 17.9. The molecule has 3 rings (SSSR count). The average Bonchev–Trinajstić information content (AvgIpc) is 2.81. The number of ether oxygens (including phenoxy) is 1. The molecule has 0 atom stereocenters. The Hall–Kier alpha value is -2.73. The lowest BCUT2D eigenvalue weighted by molar-refractivity contribution is -0.119. The van der Waals surface area contributed by atoms with E-state index >= 15 is 0 Å². The molecular weight excluding hydrogens is 414 g/mol. The quantitative estimate of drug-likeness (QED) is 0.565. The molecule has 31 heavy (non-hydrogen) atoms. The Balaban J connectivity index is 1.43. The second-order valence-electron chi connectivity index (χ2n) is 7.77. The van der Waals surface area contributed by atoms with E-state index < -0.39 is 0 Å². The molecular formula is C24H30ClN3O3. The minimum Gasteiger partial charge on any atom is -0.492 e. The summed E-state index contributed by atoms with van der Waals surface area (Å²) in [5.74, 6) is 0.567. The van der Waals surface area contributed by atoms with Crippen molar-refractivity contribution in [1.29, 1.82) is 0 Å². The molecule has 2 N–H and O–H groups in total. The van der Waals surface area contributed by atoms with Crippen molar-refractivity contribution in [3.05, 3.63) is 59.1 Å². The van der Waals surface area contributed by atoms with E-state index in [1.54, 1.807) is 18.2 Å². The van der Waals surface area contributed by atoms with Gasteiger partial charge in [0.2, 0.25) is 5.91 Å². The molecule has 0 saturated heterocycles. The van der Waals surface area contributed by atoms with E-state index in [1.165, 1.54) is 19.3 Å². The maximum Gasteiger partial charge on any atom is 0.255 e. The van der Waals surface area contributed by atoms with Gasteiger partial charge in [-0.1, -0.05) is 49.1 Å². The number of para-hydroxylation sites is 1. The summed E-state index contributed by atoms with van der Waals surface area (Å²) in [6.07, 6.45) is 5.67. The van der Waals surface area contributed by atoms with Crippen LogP contribution in [0.1, 0.15) is 42.5 Å². The first kappa shape index (κ1) is 22.9. The van der Waals surface area contributed by atoms with Gasteiger partial charge in [-0.15, -0.1) is 0 Å². The van der Waals surface area contributed by atoms with Crippen molar-refractivity contribution in [1.82, 2.24) is 10.2 Å². The van der Waals surface area contributed by atoms with Crippen LogP contribution in [0.2, 0.25) is 5.02 Å². The highest BCUT2D eigenvalue weighted by atomic mass is 35.5. The molecule has 1 fully saturated rings. The fourth-order valence-electron chi connectivity index (χ4n) is 3.74. The zero-order chi connectivity index (χ0) is 22.1. The van der Waals surface area contributed by atoms with Gasteiger partial charge in [0.25, 0.3) is 5.91 Å². The maximum absolute atomic E-state index is 12.8. The standard InChI is InChI=1S/C24H30ClN3O3/c1-28(19-8-4-2-5-9-19)24(30)21-13-12-18(16-22(21)25)27-17-23(29)26-14-15-31-20-10-6-3-7-11-20/h3,6-7,10-13,16,19,27H,2,4-5,8-9,14-15,17H2,1H3,(H,26,29). The molecule has 2 aromatic rings. The number of anilines is 1. The first-order valence-electron chi connectivity index (χ1n) is 10.8. The Morgan fingerprint density at radius 1 is 1.10 bits per heavy atom. The highest BCUT2D eigenvalue weighted by Crippen LogP contribution is 2.26. The summed E-state index contributed by atoms with van der Waals surface area (Å²) in [4.78, 5) is 26.7. The molecule has 166 valence electrons. The molecule has 7 heteroatoms. The highest BCUT2D eigenvalue weighted by molar-refractivity contribution is 6.34. The summed E-state index contributed by atoms with van der Waals surface area (Å²) in [6.45, 7) is 0.918. The molecule has 0 aromatic heterocycles. The predicted molar refractivity (Wildman–Crippen MR) is 124 cm³/mol. The third-order valence-electron chi connectivity index (χ3n) is 5.53. The number of hydrogen-bond acceptors (Lipinski definition) is 4. The molecule has 0 bridgehead atoms. The third kappa shape index (κ3) is 6.89. The molecule has 1 aliphatic rings. The fraction of sp³-hybridized carbons (Fsp3) is 0.417. The monoisotopic (exact) mass is 443 g/mol. The lowest BCUT2D eigenvalue weighted by Crippen LogP contribution is -2.38. The summed E-state index contributed by atoms with van der Waals surface area (Å²) in [6, 6.07) is 14.9. The number of carbonyl (C=O) groups excluding carboxylic acids is 2. The van der Waals surface area contributed by atoms with Crippen LogP contribution in [-0.2, 0) is 4.79 Å². The van der Waals surface area contributed by atoms with E-state index in [0.717, 1.165) is 18.6 Å². The Labute approximate surface area is 188 Å². The average molecular weight is 444 g/mol. The summed E-state index contributed by atoms with van der Waals surface area (Å²) in [5.41, 5.74) is 1.18. The Morgan fingerprint density at radius 2 is 1.84 bits per heavy atom. The lowest BCUT2D eigenvalue weighted by atomic mass is 9.94. The molecule has 1 aliphatic carbocycles. The number of hydrogen-bond donors (Lipinski definition) is 2. The molecule has 0 spiro atoms. The molecule has 2 amide bonds. The van der Waals surface area contributed by atoms with Crippen LogP contribution in [0.4, 0.5) is 5.69 Å². The van der Waals surface area contributed by atoms with E-state index in [-0.39, 0.29) is 24.4 Å². The van der Waals surface area contributed by atoms with Crippen LogP contribution in [0.25, 0.3) is 0 Å². The van der Waals surface area contributed by atoms with E-state index in [2.05, 4.69) is 10.6 Å². The number of halogens is 1. The molecule has 0 aliphatic heterocycles. The molecule has 0 radical (unpaired) electrons. The van der Waals surface area contributed by atoms with Gasteiger partial charge in [-0.05, 0) is 43.2 Å². The lowest BCUT2D eigenvalue weighted by Gasteiger charge is -2.31. The molecule has 6 nitrogen and oxygen atoms in total. The van der Waals surface area contributed by atoms with Gasteiger partial charge >= 0.3 is 0 Å². The van der Waals surface area contributed by atoms with Crippen molar-refractivity contribution >= 4 is 29.1 Å². The maximum atomic E-state index is 12.8. The van der Waals surface area contributed by atoms with E-state index in [9.17, 15) is 9.59 Å². The largest absolute Gasteiger partial charge is 0.492 e. The number of benzene rings is 2. The second kappa shape index (κ2) is 11.6. The normalized spacial score (nSPS) is 14.0. The summed E-state index contributed by atoms with van der Waals surface area (Å²) in [5, 5.41) is 6.22. The number of nitrogens with one attached hydrogen (secondary N) is 2. The van der Waals surface area contributed by atoms with Gasteiger partial charge in [0.05, 0.1) is 23.7 Å². The van der Waals surface area contributed by atoms with Crippen molar-refractivity contribution in [3.8, 4) is 5.75 Å². The topological polar surface area (TPSA) is 70.7 Å². The van der Waals surface area contributed by atoms with Crippen LogP contribution in [0.5, 0.6) is 5.75 Å². The zero-order valence-corrected chi connectivity index (χ0v) is 18.7. The minimum atomic E-state index is -0.148. The van der Waals surface area contributed by atoms with Gasteiger partial charge in [0.1, 0.15) is 12.4 Å². The van der Waals surface area contributed by atoms with Gasteiger partial charge < -0.3 is 20.3 Å². The number of carbonyl (C=O) groups is 2. The molecule has 0 heterocycles. The SMILES string of the molecule is CN(C(=O)c1ccc(NCC(=O)NCCOc2ccccc2)cc1Cl)C1CCCCC1. The van der Waals surface area contributed by atoms with Crippen LogP contribution in [0, 0.1) is 0 Å². The van der Waals surface area contributed by atoms with Gasteiger partial charge in [-0.2, -0.15) is 0 Å². The van der Waals surface area contributed by atoms with Crippen molar-refractivity contribution in [2.24, 2.45) is 0 Å². The van der Waals surface area contributed by atoms with Crippen LogP contribution < -0.4 is 15.4 Å². The summed E-state index contributed by atoms with van der Waals surface area (Å²) >= 11 is 6.38. The van der Waals surface area contributed by atoms with Gasteiger partial charge in [-0.25, -0.2) is 0 Å². The molecule has 0 unspecified atom stereocenters. The molecule has 2 aromatic carbocycles. The second-order valence-corrected chi connectivity index (χ2v) is 8.17. The summed E-state index contributed by atoms with van der Waals surface area (Å²) < 4.78 is 5.55. The Kier molecular flexibility index (Phi) is 8.59. The summed E-state index contributed by atoms with van der Waals surface area (Å²) in [7, 11) is 1.85. The van der Waals surface area contributed by atoms with E-state index in [0.29, 0.717) is 29.4 Å². The minimum absolute atomic E-state index is 0.0559. The van der Waals surface area contributed by atoms with Crippen molar-refractivity contribution in [2.75, 3.05) is 32.1 Å². The Morgan fingerprint density at radius 3 is 2.55 bits per heavy atom. The number of rotatable bonds is 9. The highest BCUT2D eigenvalue weighted by Gasteiger charge is 2.24. The first-order valence-corrected chi connectivity index (χ1v) is 11.2. The van der Waals surface area contributed by atoms with Gasteiger partial charge in [0.15, 0.2) is 0 Å². The molecule has 1 saturated carbocycles. The van der Waals surface area contributed by atoms with E-state index in [1.807, 2.05) is 42.3 Å². The van der Waals surface area contributed by atoms with Crippen molar-refractivity contribution in [2.45, 2.75) is 38.1 Å². The first-order chi connectivity index (χ1) is 15.0. The van der Waals surface area contributed by atoms with Gasteiger partial charge in [0, 0.05) is 18.8 Å². The van der Waals surface area contributed by atoms with Crippen LogP contribution in [0.15, 0.2) is 48.5 Å². The van der Waals surface area contributed by atoms with Gasteiger partial charge in [-0.3, -0.25) is 9.59 Å². The smallest absolute Gasteiger partial charge is 0.255 e. The van der Waals surface area contributed by atoms with Crippen molar-refractivity contribution < 1.29 is 14.3 Å². The predicted octanol–water partition coefficient (Wildman–Crippen LogP) is 4.35. The number of nitrogens with zero attached hydrogens (tertiary/aromatic N) is 1. The third-order valence-corrected chi connectivity index (χ3v) is 5.84. The van der Waals surface area contributed by atoms with Crippen LogP contribution in [0.3, 0.4) is 0 Å². The van der Waals surface area contributed by atoms with Crippen LogP contribution >= 0.6 is 11.6 Å². The van der Waals surface area contributed by atoms with E-state index in [4.69, 9.17) is 16.3 Å². The Bertz CT molecular complexity index is 870. The number of amides is 2. The van der Waals surface area contributed by atoms with Crippen LogP contribution in [-0.4, -0.2) is 49.5 Å². The fourth-order valence-corrected chi connectivity index (χ4v) is 4.00. The van der Waals surface area contributed by atoms with Crippen molar-refractivity contribution in [3.63, 3.8) is 0 Å².